The third kappa shape index (κ3) is 4.11. The Hall–Kier alpha value is -2.86. The molecule has 2 heterocycles. The Morgan fingerprint density at radius 1 is 1.15 bits per heavy atom. The summed E-state index contributed by atoms with van der Waals surface area (Å²) < 4.78 is 19.1. The molecule has 4 rings (SSSR count). The van der Waals surface area contributed by atoms with Crippen molar-refractivity contribution in [2.75, 3.05) is 26.2 Å². The lowest BCUT2D eigenvalue weighted by molar-refractivity contribution is 0.238. The van der Waals surface area contributed by atoms with Crippen LogP contribution < -0.4 is 4.74 Å². The number of fused-ring (bicyclic) bond motifs is 1. The summed E-state index contributed by atoms with van der Waals surface area (Å²) in [6.45, 7) is 3.98. The van der Waals surface area contributed by atoms with E-state index >= 15 is 0 Å². The Balaban J connectivity index is 1.40. The molecule has 1 saturated heterocycles. The minimum Gasteiger partial charge on any atom is -0.494 e. The van der Waals surface area contributed by atoms with Crippen molar-refractivity contribution in [1.82, 2.24) is 9.88 Å². The number of nitrogens with zero attached hydrogens (tertiary/aromatic N) is 2. The quantitative estimate of drug-likeness (QED) is 0.641. The highest BCUT2D eigenvalue weighted by Crippen LogP contribution is 2.27. The molecule has 0 aliphatic carbocycles. The van der Waals surface area contributed by atoms with Crippen molar-refractivity contribution in [3.63, 3.8) is 0 Å². The summed E-state index contributed by atoms with van der Waals surface area (Å²) >= 11 is 0. The number of H-pyrrole nitrogens is 1. The van der Waals surface area contributed by atoms with Crippen molar-refractivity contribution >= 4 is 22.8 Å². The number of likely N-dealkylation sites (tertiary alicyclic amines) is 1. The summed E-state index contributed by atoms with van der Waals surface area (Å²) in [4.78, 5) is 9.58. The molecule has 1 fully saturated rings. The number of hydrogen-bond donors (Lipinski definition) is 2. The van der Waals surface area contributed by atoms with E-state index in [1.54, 1.807) is 12.3 Å². The number of aliphatic imine (C=N–C) groups is 1. The topological polar surface area (TPSA) is 60.9 Å². The first-order valence-corrected chi connectivity index (χ1v) is 9.18. The molecule has 6 heteroatoms. The Kier molecular flexibility index (Phi) is 5.07. The molecule has 0 bridgehead atoms. The van der Waals surface area contributed by atoms with Crippen LogP contribution in [0.3, 0.4) is 0 Å². The molecule has 0 spiro atoms. The lowest BCUT2D eigenvalue weighted by atomic mass is 10.2. The van der Waals surface area contributed by atoms with Gasteiger partial charge in [-0.15, -0.1) is 0 Å². The van der Waals surface area contributed by atoms with Crippen molar-refractivity contribution in [3.05, 3.63) is 53.8 Å². The van der Waals surface area contributed by atoms with Crippen molar-refractivity contribution in [2.45, 2.75) is 12.8 Å². The highest BCUT2D eigenvalue weighted by molar-refractivity contribution is 6.02. The van der Waals surface area contributed by atoms with Gasteiger partial charge in [0.25, 0.3) is 0 Å². The van der Waals surface area contributed by atoms with Crippen molar-refractivity contribution < 1.29 is 14.2 Å². The van der Waals surface area contributed by atoms with Crippen LogP contribution in [0.1, 0.15) is 18.4 Å². The molecule has 2 aromatic carbocycles. The molecule has 0 amide bonds. The summed E-state index contributed by atoms with van der Waals surface area (Å²) in [6.07, 6.45) is 4.15. The third-order valence-corrected chi connectivity index (χ3v) is 4.83. The molecule has 5 nitrogen and oxygen atoms in total. The highest BCUT2D eigenvalue weighted by atomic mass is 19.1. The molecule has 0 unspecified atom stereocenters. The average molecular weight is 367 g/mol. The molecule has 1 aromatic heterocycles. The fourth-order valence-electron chi connectivity index (χ4n) is 3.37. The zero-order valence-electron chi connectivity index (χ0n) is 15.0. The Bertz CT molecular complexity index is 944. The van der Waals surface area contributed by atoms with Crippen molar-refractivity contribution in [1.29, 1.82) is 0 Å². The number of ether oxygens (including phenoxy) is 1. The first-order valence-electron chi connectivity index (χ1n) is 9.18. The second-order valence-corrected chi connectivity index (χ2v) is 6.73. The largest absolute Gasteiger partial charge is 0.494 e. The van der Waals surface area contributed by atoms with Crippen LogP contribution in [0.4, 0.5) is 10.1 Å². The standard InChI is InChI=1S/C21H22FN3O2/c22-15-3-8-18-19(21(26)24-20(18)13-15)14-23-16-4-6-17(7-5-16)27-12-11-25-9-1-2-10-25/h3-8,13-14,24,26H,1-2,9-12H2. The Morgan fingerprint density at radius 2 is 1.93 bits per heavy atom. The van der Waals surface area contributed by atoms with Crippen LogP contribution in [0, 0.1) is 5.82 Å². The molecule has 140 valence electrons. The van der Waals surface area contributed by atoms with E-state index in [2.05, 4.69) is 14.9 Å². The van der Waals surface area contributed by atoms with Crippen LogP contribution in [-0.4, -0.2) is 47.4 Å². The number of aromatic amines is 1. The van der Waals surface area contributed by atoms with Gasteiger partial charge in [-0.2, -0.15) is 0 Å². The first kappa shape index (κ1) is 17.5. The fraction of sp³-hybridized carbons (Fsp3) is 0.286. The third-order valence-electron chi connectivity index (χ3n) is 4.83. The summed E-state index contributed by atoms with van der Waals surface area (Å²) in [5.74, 6) is 0.437. The van der Waals surface area contributed by atoms with E-state index in [1.807, 2.05) is 24.3 Å². The van der Waals surface area contributed by atoms with Gasteiger partial charge in [0.2, 0.25) is 0 Å². The second-order valence-electron chi connectivity index (χ2n) is 6.73. The fourth-order valence-corrected chi connectivity index (χ4v) is 3.37. The van der Waals surface area contributed by atoms with Gasteiger partial charge < -0.3 is 14.8 Å². The van der Waals surface area contributed by atoms with E-state index in [-0.39, 0.29) is 11.7 Å². The Labute approximate surface area is 157 Å². The van der Waals surface area contributed by atoms with E-state index in [0.29, 0.717) is 17.7 Å². The lowest BCUT2D eigenvalue weighted by Crippen LogP contribution is -2.25. The maximum absolute atomic E-state index is 13.3. The number of nitrogens with one attached hydrogen (secondary N) is 1. The minimum absolute atomic E-state index is 0.0267. The van der Waals surface area contributed by atoms with Gasteiger partial charge in [0.1, 0.15) is 18.2 Å². The van der Waals surface area contributed by atoms with E-state index in [1.165, 1.54) is 38.1 Å². The predicted octanol–water partition coefficient (Wildman–Crippen LogP) is 4.24. The van der Waals surface area contributed by atoms with Crippen LogP contribution in [-0.2, 0) is 0 Å². The monoisotopic (exact) mass is 367 g/mol. The molecule has 0 saturated carbocycles. The molecular formula is C21H22FN3O2. The molecule has 3 aromatic rings. The zero-order valence-corrected chi connectivity index (χ0v) is 15.0. The number of benzene rings is 2. The zero-order chi connectivity index (χ0) is 18.6. The van der Waals surface area contributed by atoms with E-state index in [4.69, 9.17) is 4.74 Å². The SMILES string of the molecule is Oc1[nH]c2cc(F)ccc2c1C=Nc1ccc(OCCN2CCCC2)cc1. The van der Waals surface area contributed by atoms with Crippen molar-refractivity contribution in [3.8, 4) is 11.6 Å². The van der Waals surface area contributed by atoms with Gasteiger partial charge in [0, 0.05) is 18.1 Å². The van der Waals surface area contributed by atoms with Gasteiger partial charge in [0.05, 0.1) is 16.8 Å². The summed E-state index contributed by atoms with van der Waals surface area (Å²) in [5, 5.41) is 10.8. The molecule has 0 radical (unpaired) electrons. The first-order chi connectivity index (χ1) is 13.2. The van der Waals surface area contributed by atoms with Crippen LogP contribution in [0.25, 0.3) is 10.9 Å². The van der Waals surface area contributed by atoms with E-state index in [9.17, 15) is 9.50 Å². The number of hydrogen-bond acceptors (Lipinski definition) is 4. The smallest absolute Gasteiger partial charge is 0.198 e. The highest BCUT2D eigenvalue weighted by Gasteiger charge is 2.11. The summed E-state index contributed by atoms with van der Waals surface area (Å²) in [5.41, 5.74) is 1.82. The molecule has 27 heavy (non-hydrogen) atoms. The lowest BCUT2D eigenvalue weighted by Gasteiger charge is -2.14. The predicted molar refractivity (Wildman–Crippen MR) is 105 cm³/mol. The molecule has 1 aliphatic heterocycles. The maximum atomic E-state index is 13.3. The van der Waals surface area contributed by atoms with Gasteiger partial charge in [0.15, 0.2) is 5.88 Å². The summed E-state index contributed by atoms with van der Waals surface area (Å²) in [7, 11) is 0. The Morgan fingerprint density at radius 3 is 2.70 bits per heavy atom. The molecule has 0 atom stereocenters. The van der Waals surface area contributed by atoms with Gasteiger partial charge in [-0.1, -0.05) is 0 Å². The van der Waals surface area contributed by atoms with Gasteiger partial charge in [-0.05, 0) is 68.4 Å². The molecule has 1 aliphatic rings. The maximum Gasteiger partial charge on any atom is 0.198 e. The summed E-state index contributed by atoms with van der Waals surface area (Å²) in [6, 6.07) is 11.9. The van der Waals surface area contributed by atoms with Gasteiger partial charge in [-0.25, -0.2) is 4.39 Å². The average Bonchev–Trinajstić information content (AvgIpc) is 3.28. The van der Waals surface area contributed by atoms with Crippen LogP contribution in [0.2, 0.25) is 0 Å². The number of halogens is 1. The van der Waals surface area contributed by atoms with Gasteiger partial charge in [-0.3, -0.25) is 9.89 Å². The second kappa shape index (κ2) is 7.80. The molecular weight excluding hydrogens is 345 g/mol. The minimum atomic E-state index is -0.354. The van der Waals surface area contributed by atoms with Crippen LogP contribution in [0.15, 0.2) is 47.5 Å². The number of rotatable bonds is 6. The van der Waals surface area contributed by atoms with Crippen molar-refractivity contribution in [2.24, 2.45) is 4.99 Å². The van der Waals surface area contributed by atoms with Gasteiger partial charge >= 0.3 is 0 Å². The normalized spacial score (nSPS) is 15.1. The number of aromatic nitrogens is 1. The molecule has 2 N–H and O–H groups in total. The van der Waals surface area contributed by atoms with Crippen LogP contribution >= 0.6 is 0 Å². The number of aromatic hydroxyl groups is 1. The van der Waals surface area contributed by atoms with E-state index in [0.717, 1.165) is 23.4 Å². The van der Waals surface area contributed by atoms with E-state index < -0.39 is 0 Å². The van der Waals surface area contributed by atoms with Crippen LogP contribution in [0.5, 0.6) is 11.6 Å².